The maximum Gasteiger partial charge on any atom is 0.245 e. The van der Waals surface area contributed by atoms with E-state index >= 15 is 0 Å². The number of benzene rings is 2. The van der Waals surface area contributed by atoms with E-state index < -0.39 is 30.9 Å². The molecule has 2 aromatic carbocycles. The summed E-state index contributed by atoms with van der Waals surface area (Å²) in [6.07, 6.45) is 0.310. The summed E-state index contributed by atoms with van der Waals surface area (Å²) in [6, 6.07) is 11.3. The fourth-order valence-corrected chi connectivity index (χ4v) is 6.40. The normalized spacial score (nSPS) is 17.0. The highest BCUT2D eigenvalue weighted by molar-refractivity contribution is 7.92. The Morgan fingerprint density at radius 3 is 2.11 bits per heavy atom. The molecule has 1 aliphatic rings. The molecule has 0 atom stereocenters. The Kier molecular flexibility index (Phi) is 5.55. The summed E-state index contributed by atoms with van der Waals surface area (Å²) >= 11 is 0. The van der Waals surface area contributed by atoms with Crippen LogP contribution >= 0.6 is 0 Å². The summed E-state index contributed by atoms with van der Waals surface area (Å²) in [5.41, 5.74) is 0. The third-order valence-electron chi connectivity index (χ3n) is 4.68. The quantitative estimate of drug-likeness (QED) is 0.752. The highest BCUT2D eigenvalue weighted by Crippen LogP contribution is 2.29. The first kappa shape index (κ1) is 19.8. The minimum Gasteiger partial charge on any atom is -0.497 e. The topological polar surface area (TPSA) is 80.8 Å². The van der Waals surface area contributed by atoms with Crippen molar-refractivity contribution >= 4 is 19.9 Å². The Morgan fingerprint density at radius 1 is 0.963 bits per heavy atom. The van der Waals surface area contributed by atoms with E-state index in [-0.39, 0.29) is 35.7 Å². The number of sulfone groups is 1. The molecular formula is C18H20FNO5S2. The zero-order valence-corrected chi connectivity index (χ0v) is 16.3. The van der Waals surface area contributed by atoms with Crippen molar-refractivity contribution in [2.24, 2.45) is 0 Å². The molecule has 146 valence electrons. The zero-order valence-electron chi connectivity index (χ0n) is 14.7. The summed E-state index contributed by atoms with van der Waals surface area (Å²) < 4.78 is 70.9. The molecule has 27 heavy (non-hydrogen) atoms. The average molecular weight is 413 g/mol. The van der Waals surface area contributed by atoms with Gasteiger partial charge in [0.05, 0.1) is 17.3 Å². The van der Waals surface area contributed by atoms with Gasteiger partial charge in [-0.25, -0.2) is 21.2 Å². The lowest BCUT2D eigenvalue weighted by molar-refractivity contribution is 0.344. The van der Waals surface area contributed by atoms with Crippen molar-refractivity contribution in [1.82, 2.24) is 4.31 Å². The van der Waals surface area contributed by atoms with Gasteiger partial charge in [0.25, 0.3) is 0 Å². The van der Waals surface area contributed by atoms with Crippen molar-refractivity contribution in [1.29, 1.82) is 0 Å². The number of hydrogen-bond acceptors (Lipinski definition) is 5. The molecule has 1 aliphatic heterocycles. The molecule has 1 fully saturated rings. The third-order valence-corrected chi connectivity index (χ3v) is 8.89. The number of halogens is 1. The van der Waals surface area contributed by atoms with E-state index in [9.17, 15) is 21.2 Å². The molecule has 1 saturated heterocycles. The van der Waals surface area contributed by atoms with Gasteiger partial charge >= 0.3 is 0 Å². The molecule has 0 bridgehead atoms. The Bertz CT molecular complexity index is 1010. The van der Waals surface area contributed by atoms with Gasteiger partial charge in [-0.15, -0.1) is 0 Å². The molecule has 2 aromatic rings. The van der Waals surface area contributed by atoms with Crippen LogP contribution in [0.5, 0.6) is 5.75 Å². The first-order chi connectivity index (χ1) is 12.8. The Labute approximate surface area is 158 Å². The molecular weight excluding hydrogens is 393 g/mol. The van der Waals surface area contributed by atoms with Gasteiger partial charge < -0.3 is 4.74 Å². The molecule has 9 heteroatoms. The SMILES string of the molecule is COc1ccc(S(=O)(=O)C2CCN(S(=O)(=O)c3ccccc3F)CC2)cc1. The Hall–Kier alpha value is -1.97. The van der Waals surface area contributed by atoms with Crippen LogP contribution in [0, 0.1) is 5.82 Å². The van der Waals surface area contributed by atoms with E-state index in [1.807, 2.05) is 0 Å². The molecule has 3 rings (SSSR count). The summed E-state index contributed by atoms with van der Waals surface area (Å²) in [6.45, 7) is 0.0490. The number of hydrogen-bond donors (Lipinski definition) is 0. The van der Waals surface area contributed by atoms with Crippen LogP contribution in [0.25, 0.3) is 0 Å². The van der Waals surface area contributed by atoms with E-state index in [0.717, 1.165) is 10.4 Å². The second-order valence-corrected chi connectivity index (χ2v) is 10.4. The number of rotatable bonds is 5. The molecule has 0 aliphatic carbocycles. The summed E-state index contributed by atoms with van der Waals surface area (Å²) in [5.74, 6) is -0.259. The van der Waals surface area contributed by atoms with Crippen LogP contribution in [0.4, 0.5) is 4.39 Å². The molecule has 0 aromatic heterocycles. The van der Waals surface area contributed by atoms with Crippen molar-refractivity contribution in [2.75, 3.05) is 20.2 Å². The smallest absolute Gasteiger partial charge is 0.245 e. The minimum atomic E-state index is -3.99. The first-order valence-corrected chi connectivity index (χ1v) is 11.4. The molecule has 0 amide bonds. The van der Waals surface area contributed by atoms with Gasteiger partial charge in [0.1, 0.15) is 16.5 Å². The Balaban J connectivity index is 1.75. The van der Waals surface area contributed by atoms with Crippen molar-refractivity contribution in [2.45, 2.75) is 27.9 Å². The van der Waals surface area contributed by atoms with Gasteiger partial charge in [0.15, 0.2) is 9.84 Å². The largest absolute Gasteiger partial charge is 0.497 e. The molecule has 0 radical (unpaired) electrons. The predicted molar refractivity (Wildman–Crippen MR) is 98.4 cm³/mol. The van der Waals surface area contributed by atoms with Crippen LogP contribution in [-0.2, 0) is 19.9 Å². The highest BCUT2D eigenvalue weighted by atomic mass is 32.2. The predicted octanol–water partition coefficient (Wildman–Crippen LogP) is 2.46. The summed E-state index contributed by atoms with van der Waals surface area (Å²) in [7, 11) is -6.07. The summed E-state index contributed by atoms with van der Waals surface area (Å²) in [4.78, 5) is -0.208. The number of piperidine rings is 1. The fourth-order valence-electron chi connectivity index (χ4n) is 3.13. The van der Waals surface area contributed by atoms with E-state index in [0.29, 0.717) is 5.75 Å². The maximum atomic E-state index is 13.9. The number of ether oxygens (including phenoxy) is 1. The van der Waals surface area contributed by atoms with Crippen LogP contribution in [0.2, 0.25) is 0 Å². The molecule has 0 N–H and O–H groups in total. The van der Waals surface area contributed by atoms with Crippen molar-refractivity contribution in [3.63, 3.8) is 0 Å². The van der Waals surface area contributed by atoms with E-state index in [1.165, 1.54) is 37.4 Å². The zero-order chi connectivity index (χ0) is 19.7. The molecule has 0 saturated carbocycles. The second-order valence-electron chi connectivity index (χ2n) is 6.25. The van der Waals surface area contributed by atoms with E-state index in [4.69, 9.17) is 4.74 Å². The van der Waals surface area contributed by atoms with Crippen molar-refractivity contribution in [3.05, 3.63) is 54.3 Å². The van der Waals surface area contributed by atoms with Crippen molar-refractivity contribution in [3.8, 4) is 5.75 Å². The van der Waals surface area contributed by atoms with Crippen LogP contribution in [0.3, 0.4) is 0 Å². The number of methoxy groups -OCH3 is 1. The molecule has 0 spiro atoms. The molecule has 1 heterocycles. The molecule has 6 nitrogen and oxygen atoms in total. The van der Waals surface area contributed by atoms with E-state index in [1.54, 1.807) is 12.1 Å². The lowest BCUT2D eigenvalue weighted by Gasteiger charge is -2.31. The Morgan fingerprint density at radius 2 is 1.56 bits per heavy atom. The van der Waals surface area contributed by atoms with Gasteiger partial charge in [-0.3, -0.25) is 0 Å². The standard InChI is InChI=1S/C18H20FNO5S2/c1-25-14-6-8-15(9-7-14)26(21,22)16-10-12-20(13-11-16)27(23,24)18-5-3-2-4-17(18)19/h2-9,16H,10-13H2,1H3. The third kappa shape index (κ3) is 3.85. The van der Waals surface area contributed by atoms with Crippen molar-refractivity contribution < 1.29 is 26.0 Å². The highest BCUT2D eigenvalue weighted by Gasteiger charge is 2.36. The molecule has 0 unspecified atom stereocenters. The van der Waals surface area contributed by atoms with E-state index in [2.05, 4.69) is 0 Å². The lowest BCUT2D eigenvalue weighted by atomic mass is 10.2. The van der Waals surface area contributed by atoms with Crippen LogP contribution in [-0.4, -0.2) is 46.6 Å². The van der Waals surface area contributed by atoms with Crippen LogP contribution in [0.15, 0.2) is 58.3 Å². The van der Waals surface area contributed by atoms with Crippen LogP contribution in [0.1, 0.15) is 12.8 Å². The fraction of sp³-hybridized carbons (Fsp3) is 0.333. The van der Waals surface area contributed by atoms with Gasteiger partial charge in [-0.05, 0) is 49.2 Å². The lowest BCUT2D eigenvalue weighted by Crippen LogP contribution is -2.42. The minimum absolute atomic E-state index is 0.0245. The van der Waals surface area contributed by atoms with Gasteiger partial charge in [-0.2, -0.15) is 4.31 Å². The number of nitrogens with zero attached hydrogens (tertiary/aromatic N) is 1. The summed E-state index contributed by atoms with van der Waals surface area (Å²) in [5, 5.41) is -0.682. The maximum absolute atomic E-state index is 13.9. The van der Waals surface area contributed by atoms with Gasteiger partial charge in [-0.1, -0.05) is 12.1 Å². The second kappa shape index (κ2) is 7.57. The van der Waals surface area contributed by atoms with Crippen LogP contribution < -0.4 is 4.74 Å². The van der Waals surface area contributed by atoms with Gasteiger partial charge in [0, 0.05) is 13.1 Å². The average Bonchev–Trinajstić information content (AvgIpc) is 2.68. The van der Waals surface area contributed by atoms with Gasteiger partial charge in [0.2, 0.25) is 10.0 Å². The first-order valence-electron chi connectivity index (χ1n) is 8.39. The number of sulfonamides is 1. The monoisotopic (exact) mass is 413 g/mol.